The maximum atomic E-state index is 12.6. The van der Waals surface area contributed by atoms with Gasteiger partial charge in [0.25, 0.3) is 0 Å². The van der Waals surface area contributed by atoms with Gasteiger partial charge in [-0.3, -0.25) is 14.7 Å². The lowest BCUT2D eigenvalue weighted by Crippen LogP contribution is -2.58. The van der Waals surface area contributed by atoms with Crippen LogP contribution < -0.4 is 10.2 Å². The Bertz CT molecular complexity index is 589. The van der Waals surface area contributed by atoms with E-state index in [1.807, 2.05) is 21.9 Å². The van der Waals surface area contributed by atoms with Gasteiger partial charge >= 0.3 is 12.0 Å². The highest BCUT2D eigenvalue weighted by molar-refractivity contribution is 5.75. The Hall–Kier alpha value is -2.35. The molecule has 3 rings (SSSR count). The summed E-state index contributed by atoms with van der Waals surface area (Å²) in [6.07, 6.45) is 6.15. The van der Waals surface area contributed by atoms with Crippen LogP contribution in [0.25, 0.3) is 0 Å². The van der Waals surface area contributed by atoms with E-state index in [-0.39, 0.29) is 18.7 Å². The molecule has 2 N–H and O–H groups in total. The second-order valence-corrected chi connectivity index (χ2v) is 6.50. The van der Waals surface area contributed by atoms with Crippen molar-refractivity contribution in [1.29, 1.82) is 0 Å². The summed E-state index contributed by atoms with van der Waals surface area (Å²) < 4.78 is 0. The number of piperazine rings is 1. The van der Waals surface area contributed by atoms with E-state index in [0.717, 1.165) is 38.0 Å². The molecule has 25 heavy (non-hydrogen) atoms. The lowest BCUT2D eigenvalue weighted by molar-refractivity contribution is -0.139. The Morgan fingerprint density at radius 2 is 1.84 bits per heavy atom. The molecule has 0 aliphatic carbocycles. The van der Waals surface area contributed by atoms with Crippen LogP contribution in [0.15, 0.2) is 24.5 Å². The molecular weight excluding hydrogens is 322 g/mol. The minimum Gasteiger partial charge on any atom is -0.480 e. The molecule has 2 fully saturated rings. The van der Waals surface area contributed by atoms with Gasteiger partial charge in [0.15, 0.2) is 0 Å². The van der Waals surface area contributed by atoms with Gasteiger partial charge in [-0.25, -0.2) is 4.79 Å². The zero-order valence-electron chi connectivity index (χ0n) is 14.3. The molecule has 136 valence electrons. The zero-order chi connectivity index (χ0) is 17.6. The van der Waals surface area contributed by atoms with Gasteiger partial charge in [0.05, 0.1) is 12.7 Å². The number of urea groups is 1. The average Bonchev–Trinajstić information content (AvgIpc) is 2.64. The van der Waals surface area contributed by atoms with Crippen LogP contribution >= 0.6 is 0 Å². The molecule has 8 nitrogen and oxygen atoms in total. The number of hydrogen-bond acceptors (Lipinski definition) is 5. The van der Waals surface area contributed by atoms with Crippen molar-refractivity contribution in [3.8, 4) is 0 Å². The first kappa shape index (κ1) is 17.5. The van der Waals surface area contributed by atoms with Crippen LogP contribution in [0, 0.1) is 0 Å². The molecule has 0 spiro atoms. The van der Waals surface area contributed by atoms with Gasteiger partial charge in [0.2, 0.25) is 0 Å². The van der Waals surface area contributed by atoms with E-state index in [1.165, 1.54) is 0 Å². The number of aliphatic carboxylic acids is 1. The fourth-order valence-corrected chi connectivity index (χ4v) is 3.47. The molecule has 8 heteroatoms. The molecule has 2 saturated heterocycles. The van der Waals surface area contributed by atoms with Crippen LogP contribution in [0.5, 0.6) is 0 Å². The summed E-state index contributed by atoms with van der Waals surface area (Å²) in [5.41, 5.74) is 1.12. The van der Waals surface area contributed by atoms with Gasteiger partial charge in [-0.1, -0.05) is 0 Å². The largest absolute Gasteiger partial charge is 0.480 e. The summed E-state index contributed by atoms with van der Waals surface area (Å²) in [7, 11) is 0. The minimum atomic E-state index is -0.855. The van der Waals surface area contributed by atoms with E-state index in [2.05, 4.69) is 15.2 Å². The van der Waals surface area contributed by atoms with E-state index in [1.54, 1.807) is 12.4 Å². The van der Waals surface area contributed by atoms with Crippen molar-refractivity contribution in [2.24, 2.45) is 0 Å². The van der Waals surface area contributed by atoms with Gasteiger partial charge in [0.1, 0.15) is 0 Å². The highest BCUT2D eigenvalue weighted by atomic mass is 16.4. The fraction of sp³-hybridized carbons (Fsp3) is 0.588. The topological polar surface area (TPSA) is 89.0 Å². The molecule has 2 amide bonds. The van der Waals surface area contributed by atoms with Gasteiger partial charge in [0, 0.05) is 50.8 Å². The van der Waals surface area contributed by atoms with Gasteiger partial charge < -0.3 is 20.2 Å². The van der Waals surface area contributed by atoms with Crippen molar-refractivity contribution in [3.63, 3.8) is 0 Å². The summed E-state index contributed by atoms with van der Waals surface area (Å²) in [5.74, 6) is -0.855. The van der Waals surface area contributed by atoms with Crippen molar-refractivity contribution in [2.75, 3.05) is 44.2 Å². The Balaban J connectivity index is 1.51. The summed E-state index contributed by atoms with van der Waals surface area (Å²) in [5, 5.41) is 12.0. The first-order valence-electron chi connectivity index (χ1n) is 8.80. The SMILES string of the molecule is O=C(O)CN1CCCCC1NC(=O)N1CCN(c2ccncc2)CC1. The molecule has 0 bridgehead atoms. The highest BCUT2D eigenvalue weighted by Crippen LogP contribution is 2.17. The summed E-state index contributed by atoms with van der Waals surface area (Å²) in [6.45, 7) is 3.55. The molecule has 1 unspecified atom stereocenters. The third kappa shape index (κ3) is 4.60. The van der Waals surface area contributed by atoms with Crippen molar-refractivity contribution < 1.29 is 14.7 Å². The smallest absolute Gasteiger partial charge is 0.318 e. The summed E-state index contributed by atoms with van der Waals surface area (Å²) >= 11 is 0. The van der Waals surface area contributed by atoms with Gasteiger partial charge in [-0.05, 0) is 31.4 Å². The van der Waals surface area contributed by atoms with Crippen LogP contribution in [0.3, 0.4) is 0 Å². The second kappa shape index (κ2) is 8.15. The van der Waals surface area contributed by atoms with Gasteiger partial charge in [-0.15, -0.1) is 0 Å². The molecule has 2 aliphatic heterocycles. The predicted molar refractivity (Wildman–Crippen MR) is 93.4 cm³/mol. The number of anilines is 1. The third-order valence-electron chi connectivity index (χ3n) is 4.84. The predicted octanol–water partition coefficient (Wildman–Crippen LogP) is 0.810. The quantitative estimate of drug-likeness (QED) is 0.838. The highest BCUT2D eigenvalue weighted by Gasteiger charge is 2.28. The number of nitrogens with one attached hydrogen (secondary N) is 1. The number of rotatable bonds is 4. The molecule has 2 aliphatic rings. The molecule has 3 heterocycles. The number of aromatic nitrogens is 1. The van der Waals surface area contributed by atoms with Gasteiger partial charge in [-0.2, -0.15) is 0 Å². The number of carbonyl (C=O) groups excluding carboxylic acids is 1. The molecule has 1 aromatic heterocycles. The van der Waals surface area contributed by atoms with E-state index in [4.69, 9.17) is 5.11 Å². The number of carboxylic acids is 1. The van der Waals surface area contributed by atoms with Crippen molar-refractivity contribution in [2.45, 2.75) is 25.4 Å². The zero-order valence-corrected chi connectivity index (χ0v) is 14.3. The Morgan fingerprint density at radius 1 is 1.12 bits per heavy atom. The number of likely N-dealkylation sites (tertiary alicyclic amines) is 1. The maximum Gasteiger partial charge on any atom is 0.318 e. The number of nitrogens with zero attached hydrogens (tertiary/aromatic N) is 4. The first-order valence-corrected chi connectivity index (χ1v) is 8.80. The Kier molecular flexibility index (Phi) is 5.70. The van der Waals surface area contributed by atoms with Crippen LogP contribution in [0.1, 0.15) is 19.3 Å². The molecule has 0 saturated carbocycles. The number of pyridine rings is 1. The molecule has 0 aromatic carbocycles. The van der Waals surface area contributed by atoms with E-state index >= 15 is 0 Å². The number of amides is 2. The molecule has 1 atom stereocenters. The van der Waals surface area contributed by atoms with Crippen molar-refractivity contribution in [1.82, 2.24) is 20.1 Å². The van der Waals surface area contributed by atoms with Crippen molar-refractivity contribution >= 4 is 17.7 Å². The minimum absolute atomic E-state index is 0.0270. The number of hydrogen-bond donors (Lipinski definition) is 2. The number of carboxylic acid groups (broad SMARTS) is 1. The number of carbonyl (C=O) groups is 2. The van der Waals surface area contributed by atoms with Crippen LogP contribution in [-0.4, -0.2) is 77.3 Å². The lowest BCUT2D eigenvalue weighted by atomic mass is 10.1. The van der Waals surface area contributed by atoms with E-state index < -0.39 is 5.97 Å². The average molecular weight is 347 g/mol. The van der Waals surface area contributed by atoms with E-state index in [0.29, 0.717) is 19.6 Å². The summed E-state index contributed by atoms with van der Waals surface area (Å²) in [4.78, 5) is 33.5. The molecular formula is C17H25N5O3. The summed E-state index contributed by atoms with van der Waals surface area (Å²) in [6, 6.07) is 3.85. The normalized spacial score (nSPS) is 21.8. The van der Waals surface area contributed by atoms with Crippen LogP contribution in [0.2, 0.25) is 0 Å². The standard InChI is InChI=1S/C17H25N5O3/c23-16(24)13-22-8-2-1-3-15(22)19-17(25)21-11-9-20(10-12-21)14-4-6-18-7-5-14/h4-7,15H,1-3,8-13H2,(H,19,25)(H,23,24). The maximum absolute atomic E-state index is 12.6. The Labute approximate surface area is 147 Å². The Morgan fingerprint density at radius 3 is 2.52 bits per heavy atom. The monoisotopic (exact) mass is 347 g/mol. The fourth-order valence-electron chi connectivity index (χ4n) is 3.47. The van der Waals surface area contributed by atoms with Crippen LogP contribution in [0.4, 0.5) is 10.5 Å². The van der Waals surface area contributed by atoms with E-state index in [9.17, 15) is 9.59 Å². The lowest BCUT2D eigenvalue weighted by Gasteiger charge is -2.39. The third-order valence-corrected chi connectivity index (χ3v) is 4.84. The number of piperidine rings is 1. The van der Waals surface area contributed by atoms with Crippen molar-refractivity contribution in [3.05, 3.63) is 24.5 Å². The van der Waals surface area contributed by atoms with Crippen LogP contribution in [-0.2, 0) is 4.79 Å². The first-order chi connectivity index (χ1) is 12.1. The molecule has 1 aromatic rings. The molecule has 0 radical (unpaired) electrons. The second-order valence-electron chi connectivity index (χ2n) is 6.50.